The minimum atomic E-state index is -0.823. The van der Waals surface area contributed by atoms with Gasteiger partial charge in [0.05, 0.1) is 24.6 Å². The number of amides is 3. The molecular formula is C23H22ClIN2O4. The van der Waals surface area contributed by atoms with Crippen molar-refractivity contribution in [1.82, 2.24) is 4.90 Å². The zero-order chi connectivity index (χ0) is 22.0. The summed E-state index contributed by atoms with van der Waals surface area (Å²) in [7, 11) is 0. The summed E-state index contributed by atoms with van der Waals surface area (Å²) in [6, 6.07) is 13.4. The lowest BCUT2D eigenvalue weighted by Crippen LogP contribution is -2.49. The summed E-state index contributed by atoms with van der Waals surface area (Å²) in [5.74, 6) is -0.866. The number of benzene rings is 2. The summed E-state index contributed by atoms with van der Waals surface area (Å²) < 4.78 is 6.73. The predicted molar refractivity (Wildman–Crippen MR) is 126 cm³/mol. The van der Waals surface area contributed by atoms with E-state index in [2.05, 4.69) is 22.6 Å². The number of anilines is 1. The molecule has 0 aliphatic carbocycles. The highest BCUT2D eigenvalue weighted by atomic mass is 127. The highest BCUT2D eigenvalue weighted by molar-refractivity contribution is 14.1. The van der Waals surface area contributed by atoms with Crippen LogP contribution in [0.1, 0.15) is 24.8 Å². The van der Waals surface area contributed by atoms with Crippen LogP contribution in [0.2, 0.25) is 5.02 Å². The van der Waals surface area contributed by atoms with Crippen molar-refractivity contribution in [3.8, 4) is 0 Å². The van der Waals surface area contributed by atoms with Gasteiger partial charge in [-0.15, -0.1) is 0 Å². The van der Waals surface area contributed by atoms with Gasteiger partial charge in [-0.05, 0) is 77.4 Å². The van der Waals surface area contributed by atoms with E-state index in [0.717, 1.165) is 22.0 Å². The first-order valence-corrected chi connectivity index (χ1v) is 11.7. The molecule has 2 heterocycles. The molecule has 31 heavy (non-hydrogen) atoms. The normalized spacial score (nSPS) is 21.0. The van der Waals surface area contributed by atoms with Crippen LogP contribution in [0.15, 0.2) is 48.5 Å². The van der Waals surface area contributed by atoms with Gasteiger partial charge >= 0.3 is 0 Å². The van der Waals surface area contributed by atoms with Crippen molar-refractivity contribution in [2.24, 2.45) is 0 Å². The maximum atomic E-state index is 13.3. The lowest BCUT2D eigenvalue weighted by molar-refractivity contribution is -0.139. The van der Waals surface area contributed by atoms with Crippen molar-refractivity contribution in [1.29, 1.82) is 0 Å². The second-order valence-corrected chi connectivity index (χ2v) is 9.43. The molecule has 8 heteroatoms. The average Bonchev–Trinajstić information content (AvgIpc) is 3.36. The molecule has 2 aliphatic heterocycles. The highest BCUT2D eigenvalue weighted by Gasteiger charge is 2.45. The van der Waals surface area contributed by atoms with Crippen LogP contribution in [0.5, 0.6) is 0 Å². The third-order valence-electron chi connectivity index (χ3n) is 5.60. The van der Waals surface area contributed by atoms with Crippen LogP contribution < -0.4 is 4.90 Å². The SMILES string of the molecule is O=C1CC(N(CC2CCCO2)C(=O)Cc2ccc(Cl)cc2)C(=O)N1c1ccc(I)cc1. The van der Waals surface area contributed by atoms with Crippen molar-refractivity contribution in [2.45, 2.75) is 37.8 Å². The first kappa shape index (κ1) is 22.2. The highest BCUT2D eigenvalue weighted by Crippen LogP contribution is 2.28. The quantitative estimate of drug-likeness (QED) is 0.404. The summed E-state index contributed by atoms with van der Waals surface area (Å²) in [6.45, 7) is 0.951. The molecule has 2 saturated heterocycles. The summed E-state index contributed by atoms with van der Waals surface area (Å²) >= 11 is 8.12. The van der Waals surface area contributed by atoms with E-state index in [9.17, 15) is 14.4 Å². The lowest BCUT2D eigenvalue weighted by atomic mass is 10.1. The molecule has 0 aromatic heterocycles. The molecular weight excluding hydrogens is 531 g/mol. The fraction of sp³-hybridized carbons (Fsp3) is 0.348. The average molecular weight is 553 g/mol. The van der Waals surface area contributed by atoms with E-state index < -0.39 is 6.04 Å². The second kappa shape index (κ2) is 9.67. The van der Waals surface area contributed by atoms with Gasteiger partial charge in [-0.25, -0.2) is 4.90 Å². The van der Waals surface area contributed by atoms with Crippen LogP contribution in [0.3, 0.4) is 0 Å². The Balaban J connectivity index is 1.57. The molecule has 2 fully saturated rings. The van der Waals surface area contributed by atoms with Crippen LogP contribution in [0.4, 0.5) is 5.69 Å². The molecule has 4 rings (SSSR count). The Labute approximate surface area is 199 Å². The maximum Gasteiger partial charge on any atom is 0.257 e. The molecule has 3 amide bonds. The van der Waals surface area contributed by atoms with Gasteiger partial charge in [-0.2, -0.15) is 0 Å². The number of halogens is 2. The molecule has 2 aliphatic rings. The molecule has 2 unspecified atom stereocenters. The molecule has 0 radical (unpaired) electrons. The van der Waals surface area contributed by atoms with Crippen molar-refractivity contribution >= 4 is 57.6 Å². The van der Waals surface area contributed by atoms with Crippen LogP contribution in [-0.4, -0.2) is 47.9 Å². The molecule has 0 bridgehead atoms. The van der Waals surface area contributed by atoms with Gasteiger partial charge in [0.15, 0.2) is 0 Å². The Kier molecular flexibility index (Phi) is 6.93. The molecule has 0 saturated carbocycles. The molecule has 162 valence electrons. The van der Waals surface area contributed by atoms with Gasteiger partial charge in [-0.3, -0.25) is 14.4 Å². The van der Waals surface area contributed by atoms with E-state index in [1.54, 1.807) is 36.4 Å². The Hall–Kier alpha value is -1.97. The standard InChI is InChI=1S/C23H22ClIN2O4/c24-16-5-3-15(4-6-16)12-21(28)26(14-19-2-1-11-31-19)20-13-22(29)27(23(20)30)18-9-7-17(25)8-10-18/h3-10,19-20H,1-2,11-14H2. The van der Waals surface area contributed by atoms with E-state index in [1.807, 2.05) is 12.1 Å². The van der Waals surface area contributed by atoms with Crippen LogP contribution in [0, 0.1) is 3.57 Å². The third kappa shape index (κ3) is 5.10. The zero-order valence-electron chi connectivity index (χ0n) is 16.8. The van der Waals surface area contributed by atoms with Crippen molar-refractivity contribution in [2.75, 3.05) is 18.1 Å². The maximum absolute atomic E-state index is 13.3. The van der Waals surface area contributed by atoms with E-state index in [4.69, 9.17) is 16.3 Å². The minimum absolute atomic E-state index is 0.0239. The molecule has 0 spiro atoms. The van der Waals surface area contributed by atoms with E-state index >= 15 is 0 Å². The molecule has 6 nitrogen and oxygen atoms in total. The molecule has 2 atom stereocenters. The number of carbonyl (C=O) groups excluding carboxylic acids is 3. The largest absolute Gasteiger partial charge is 0.376 e. The number of nitrogens with zero attached hydrogens (tertiary/aromatic N) is 2. The number of rotatable bonds is 6. The Bertz CT molecular complexity index is 974. The topological polar surface area (TPSA) is 66.9 Å². The molecule has 0 N–H and O–H groups in total. The number of carbonyl (C=O) groups is 3. The first-order valence-electron chi connectivity index (χ1n) is 10.2. The lowest BCUT2D eigenvalue weighted by Gasteiger charge is -2.30. The van der Waals surface area contributed by atoms with Crippen LogP contribution in [-0.2, 0) is 25.5 Å². The van der Waals surface area contributed by atoms with Gasteiger partial charge < -0.3 is 9.64 Å². The summed E-state index contributed by atoms with van der Waals surface area (Å²) in [5, 5.41) is 0.595. The van der Waals surface area contributed by atoms with Gasteiger partial charge in [0.1, 0.15) is 6.04 Å². The van der Waals surface area contributed by atoms with Crippen LogP contribution in [0.25, 0.3) is 0 Å². The van der Waals surface area contributed by atoms with Crippen molar-refractivity contribution < 1.29 is 19.1 Å². The van der Waals surface area contributed by atoms with Gasteiger partial charge in [0, 0.05) is 21.7 Å². The Morgan fingerprint density at radius 1 is 1.13 bits per heavy atom. The Morgan fingerprint density at radius 3 is 2.48 bits per heavy atom. The predicted octanol–water partition coefficient (Wildman–Crippen LogP) is 3.83. The van der Waals surface area contributed by atoms with Crippen molar-refractivity contribution in [3.63, 3.8) is 0 Å². The summed E-state index contributed by atoms with van der Waals surface area (Å²) in [4.78, 5) is 42.0. The summed E-state index contributed by atoms with van der Waals surface area (Å²) in [6.07, 6.45) is 1.75. The van der Waals surface area contributed by atoms with E-state index in [-0.39, 0.29) is 36.7 Å². The number of ether oxygens (including phenoxy) is 1. The van der Waals surface area contributed by atoms with Crippen LogP contribution >= 0.6 is 34.2 Å². The van der Waals surface area contributed by atoms with Gasteiger partial charge in [0.25, 0.3) is 5.91 Å². The fourth-order valence-corrected chi connectivity index (χ4v) is 4.50. The van der Waals surface area contributed by atoms with Gasteiger partial charge in [-0.1, -0.05) is 23.7 Å². The third-order valence-corrected chi connectivity index (χ3v) is 6.57. The fourth-order valence-electron chi connectivity index (χ4n) is 4.01. The first-order chi connectivity index (χ1) is 14.9. The number of imide groups is 1. The smallest absolute Gasteiger partial charge is 0.257 e. The number of hydrogen-bond acceptors (Lipinski definition) is 4. The molecule has 2 aromatic rings. The van der Waals surface area contributed by atoms with E-state index in [1.165, 1.54) is 9.80 Å². The van der Waals surface area contributed by atoms with E-state index in [0.29, 0.717) is 23.9 Å². The van der Waals surface area contributed by atoms with Crippen molar-refractivity contribution in [3.05, 3.63) is 62.7 Å². The second-order valence-electron chi connectivity index (χ2n) is 7.75. The summed E-state index contributed by atoms with van der Waals surface area (Å²) in [5.41, 5.74) is 1.33. The number of hydrogen-bond donors (Lipinski definition) is 0. The Morgan fingerprint density at radius 2 is 1.84 bits per heavy atom. The monoisotopic (exact) mass is 552 g/mol. The van der Waals surface area contributed by atoms with Gasteiger partial charge in [0.2, 0.25) is 11.8 Å². The molecule has 2 aromatic carbocycles. The zero-order valence-corrected chi connectivity index (χ0v) is 19.7. The minimum Gasteiger partial charge on any atom is -0.376 e.